The summed E-state index contributed by atoms with van der Waals surface area (Å²) in [5.74, 6) is 0.898. The molecule has 7 heteroatoms. The summed E-state index contributed by atoms with van der Waals surface area (Å²) < 4.78 is 26.3. The van der Waals surface area contributed by atoms with Crippen molar-refractivity contribution < 1.29 is 19.0 Å². The third-order valence-corrected chi connectivity index (χ3v) is 5.92. The van der Waals surface area contributed by atoms with Crippen molar-refractivity contribution >= 4 is 21.6 Å². The second kappa shape index (κ2) is 9.71. The van der Waals surface area contributed by atoms with Gasteiger partial charge in [0, 0.05) is 33.8 Å². The van der Waals surface area contributed by atoms with Gasteiger partial charge >= 0.3 is 0 Å². The number of aliphatic imine (C=N–C) groups is 1. The second-order valence-electron chi connectivity index (χ2n) is 7.42. The average Bonchev–Trinajstić information content (AvgIpc) is 2.82. The summed E-state index contributed by atoms with van der Waals surface area (Å²) in [5.41, 5.74) is 2.83. The molecule has 0 bridgehead atoms. The molecule has 0 fully saturated rings. The highest BCUT2D eigenvalue weighted by Crippen LogP contribution is 2.39. The van der Waals surface area contributed by atoms with Crippen LogP contribution in [0.5, 0.6) is 17.2 Å². The molecule has 4 rings (SSSR count). The van der Waals surface area contributed by atoms with Crippen molar-refractivity contribution in [1.29, 1.82) is 0 Å². The molecule has 1 heterocycles. The van der Waals surface area contributed by atoms with E-state index in [-0.39, 0.29) is 17.6 Å². The number of nitrogens with zero attached hydrogens (tertiary/aromatic N) is 1. The number of phenols is 1. The van der Waals surface area contributed by atoms with Gasteiger partial charge in [0.15, 0.2) is 11.5 Å². The highest BCUT2D eigenvalue weighted by molar-refractivity contribution is 9.10. The van der Waals surface area contributed by atoms with Crippen molar-refractivity contribution in [1.82, 2.24) is 5.32 Å². The minimum atomic E-state index is -0.626. The first-order valence-electron chi connectivity index (χ1n) is 10.4. The number of rotatable bonds is 6. The maximum atomic E-state index is 14.7. The lowest BCUT2D eigenvalue weighted by Crippen LogP contribution is -2.33. The summed E-state index contributed by atoms with van der Waals surface area (Å²) in [6.07, 6.45) is -0.111. The molecule has 3 aromatic rings. The first kappa shape index (κ1) is 22.3. The SMILES string of the molecule is CCOc1cccc([C@H]2CC(c3ccc(OC)cc3)=N[C@@H](c3cc(Br)ccc3F)N2)c1O. The number of nitrogens with one attached hydrogen (secondary N) is 1. The Hall–Kier alpha value is -2.90. The Morgan fingerprint density at radius 1 is 1.12 bits per heavy atom. The molecule has 166 valence electrons. The number of hydrogen-bond donors (Lipinski definition) is 2. The van der Waals surface area contributed by atoms with E-state index in [1.54, 1.807) is 25.3 Å². The molecule has 32 heavy (non-hydrogen) atoms. The lowest BCUT2D eigenvalue weighted by atomic mass is 9.93. The summed E-state index contributed by atoms with van der Waals surface area (Å²) in [6, 6.07) is 17.5. The minimum absolute atomic E-state index is 0.0799. The Balaban J connectivity index is 1.78. The van der Waals surface area contributed by atoms with Crippen molar-refractivity contribution in [3.8, 4) is 17.2 Å². The van der Waals surface area contributed by atoms with Crippen molar-refractivity contribution in [2.45, 2.75) is 25.6 Å². The van der Waals surface area contributed by atoms with Gasteiger partial charge in [-0.3, -0.25) is 10.3 Å². The fraction of sp³-hybridized carbons (Fsp3) is 0.240. The number of para-hydroxylation sites is 1. The molecule has 0 unspecified atom stereocenters. The lowest BCUT2D eigenvalue weighted by Gasteiger charge is -2.31. The fourth-order valence-corrected chi connectivity index (χ4v) is 4.22. The van der Waals surface area contributed by atoms with Gasteiger partial charge in [0.05, 0.1) is 13.7 Å². The van der Waals surface area contributed by atoms with Gasteiger partial charge in [-0.1, -0.05) is 28.1 Å². The maximum Gasteiger partial charge on any atom is 0.162 e. The van der Waals surface area contributed by atoms with Crippen molar-refractivity contribution in [3.05, 3.63) is 87.6 Å². The van der Waals surface area contributed by atoms with Crippen LogP contribution in [0.4, 0.5) is 4.39 Å². The number of aromatic hydroxyl groups is 1. The molecule has 0 amide bonds. The molecule has 0 spiro atoms. The predicted octanol–water partition coefficient (Wildman–Crippen LogP) is 5.92. The summed E-state index contributed by atoms with van der Waals surface area (Å²) in [5, 5.41) is 14.2. The highest BCUT2D eigenvalue weighted by Gasteiger charge is 2.30. The molecule has 1 aliphatic heterocycles. The molecule has 2 atom stereocenters. The highest BCUT2D eigenvalue weighted by atomic mass is 79.9. The lowest BCUT2D eigenvalue weighted by molar-refractivity contribution is 0.313. The monoisotopic (exact) mass is 498 g/mol. The van der Waals surface area contributed by atoms with Crippen LogP contribution in [-0.4, -0.2) is 24.5 Å². The first-order valence-corrected chi connectivity index (χ1v) is 11.2. The summed E-state index contributed by atoms with van der Waals surface area (Å²) in [6.45, 7) is 2.31. The van der Waals surface area contributed by atoms with Crippen LogP contribution >= 0.6 is 15.9 Å². The van der Waals surface area contributed by atoms with E-state index in [1.807, 2.05) is 43.3 Å². The van der Waals surface area contributed by atoms with E-state index in [1.165, 1.54) is 6.07 Å². The van der Waals surface area contributed by atoms with Gasteiger partial charge in [-0.25, -0.2) is 4.39 Å². The van der Waals surface area contributed by atoms with Crippen LogP contribution in [-0.2, 0) is 0 Å². The van der Waals surface area contributed by atoms with Crippen molar-refractivity contribution in [2.24, 2.45) is 4.99 Å². The van der Waals surface area contributed by atoms with Gasteiger partial charge in [0.1, 0.15) is 17.7 Å². The Morgan fingerprint density at radius 3 is 2.62 bits per heavy atom. The van der Waals surface area contributed by atoms with Gasteiger partial charge in [0.2, 0.25) is 0 Å². The van der Waals surface area contributed by atoms with Crippen LogP contribution in [0.15, 0.2) is 70.1 Å². The van der Waals surface area contributed by atoms with E-state index in [4.69, 9.17) is 14.5 Å². The summed E-state index contributed by atoms with van der Waals surface area (Å²) in [4.78, 5) is 4.83. The smallest absolute Gasteiger partial charge is 0.162 e. The zero-order chi connectivity index (χ0) is 22.7. The number of halogens is 2. The topological polar surface area (TPSA) is 63.1 Å². The minimum Gasteiger partial charge on any atom is -0.504 e. The molecule has 0 radical (unpaired) electrons. The molecule has 1 aliphatic rings. The van der Waals surface area contributed by atoms with E-state index >= 15 is 0 Å². The number of ether oxygens (including phenoxy) is 2. The van der Waals surface area contributed by atoms with E-state index in [2.05, 4.69) is 21.2 Å². The maximum absolute atomic E-state index is 14.7. The number of methoxy groups -OCH3 is 1. The van der Waals surface area contributed by atoms with Crippen LogP contribution in [0.2, 0.25) is 0 Å². The van der Waals surface area contributed by atoms with Gasteiger partial charge < -0.3 is 14.6 Å². The van der Waals surface area contributed by atoms with E-state index < -0.39 is 6.17 Å². The van der Waals surface area contributed by atoms with Gasteiger partial charge in [-0.15, -0.1) is 0 Å². The van der Waals surface area contributed by atoms with Crippen LogP contribution in [0.1, 0.15) is 42.2 Å². The van der Waals surface area contributed by atoms with Crippen molar-refractivity contribution in [3.63, 3.8) is 0 Å². The number of phenolic OH excluding ortho intramolecular Hbond substituents is 1. The largest absolute Gasteiger partial charge is 0.504 e. The molecular formula is C25H24BrFN2O3. The first-order chi connectivity index (χ1) is 15.5. The molecule has 2 N–H and O–H groups in total. The molecule has 0 saturated carbocycles. The molecule has 0 saturated heterocycles. The summed E-state index contributed by atoms with van der Waals surface area (Å²) >= 11 is 3.42. The standard InChI is InChI=1S/C25H24BrFN2O3/c1-3-32-23-6-4-5-18(24(23)30)22-14-21(15-7-10-17(31-2)11-8-15)28-25(29-22)19-13-16(26)9-12-20(19)27/h4-13,22,25,29-30H,3,14H2,1-2H3/t22-,25-/m1/s1. The third kappa shape index (κ3) is 4.64. The van der Waals surface area contributed by atoms with Crippen LogP contribution in [0.3, 0.4) is 0 Å². The Bertz CT molecular complexity index is 1130. The second-order valence-corrected chi connectivity index (χ2v) is 8.34. The Kier molecular flexibility index (Phi) is 6.77. The van der Waals surface area contributed by atoms with Crippen LogP contribution in [0, 0.1) is 5.82 Å². The van der Waals surface area contributed by atoms with E-state index in [0.29, 0.717) is 29.9 Å². The van der Waals surface area contributed by atoms with Crippen LogP contribution < -0.4 is 14.8 Å². The average molecular weight is 499 g/mol. The third-order valence-electron chi connectivity index (χ3n) is 5.42. The molecular weight excluding hydrogens is 475 g/mol. The Morgan fingerprint density at radius 2 is 1.91 bits per heavy atom. The summed E-state index contributed by atoms with van der Waals surface area (Å²) in [7, 11) is 1.62. The van der Waals surface area contributed by atoms with E-state index in [0.717, 1.165) is 21.5 Å². The number of hydrogen-bond acceptors (Lipinski definition) is 5. The normalized spacial score (nSPS) is 18.2. The zero-order valence-electron chi connectivity index (χ0n) is 17.8. The van der Waals surface area contributed by atoms with Gasteiger partial charge in [-0.05, 0) is 61.0 Å². The molecule has 5 nitrogen and oxygen atoms in total. The number of benzene rings is 3. The molecule has 0 aromatic heterocycles. The fourth-order valence-electron chi connectivity index (χ4n) is 3.84. The zero-order valence-corrected chi connectivity index (χ0v) is 19.4. The quantitative estimate of drug-likeness (QED) is 0.442. The Labute approximate surface area is 195 Å². The van der Waals surface area contributed by atoms with Gasteiger partial charge in [-0.2, -0.15) is 0 Å². The predicted molar refractivity (Wildman–Crippen MR) is 126 cm³/mol. The van der Waals surface area contributed by atoms with Crippen LogP contribution in [0.25, 0.3) is 0 Å². The van der Waals surface area contributed by atoms with Gasteiger partial charge in [0.25, 0.3) is 0 Å². The van der Waals surface area contributed by atoms with Crippen molar-refractivity contribution in [2.75, 3.05) is 13.7 Å². The molecule has 0 aliphatic carbocycles. The molecule has 3 aromatic carbocycles. The van der Waals surface area contributed by atoms with E-state index in [9.17, 15) is 9.50 Å².